The summed E-state index contributed by atoms with van der Waals surface area (Å²) in [5.74, 6) is 0.356. The average molecular weight is 515 g/mol. The van der Waals surface area contributed by atoms with Crippen LogP contribution in [0.15, 0.2) is 0 Å². The van der Waals surface area contributed by atoms with Crippen LogP contribution in [0.3, 0.4) is 0 Å². The molecule has 0 atom stereocenters. The number of rotatable bonds is 29. The minimum Gasteiger partial charge on any atom is -0.463 e. The maximum atomic E-state index is 11.6. The first kappa shape index (κ1) is 33.5. The van der Waals surface area contributed by atoms with Crippen molar-refractivity contribution < 1.29 is 42.7 Å². The van der Waals surface area contributed by atoms with Crippen molar-refractivity contribution in [1.29, 1.82) is 0 Å². The normalized spacial score (nSPS) is 11.2. The Bertz CT molecular complexity index is 403. The minimum absolute atomic E-state index is 0.143. The molecule has 0 spiro atoms. The van der Waals surface area contributed by atoms with E-state index in [1.165, 1.54) is 19.3 Å². The van der Waals surface area contributed by atoms with Crippen LogP contribution < -0.4 is 0 Å². The monoisotopic (exact) mass is 514 g/mol. The molecule has 0 aromatic heterocycles. The van der Waals surface area contributed by atoms with Crippen LogP contribution in [-0.2, 0) is 42.7 Å². The highest BCUT2D eigenvalue weighted by Gasteiger charge is 2.02. The second-order valence-electron chi connectivity index (χ2n) is 7.36. The molecule has 0 unspecified atom stereocenters. The second kappa shape index (κ2) is 30.5. The number of esters is 1. The molecule has 0 saturated carbocycles. The Morgan fingerprint density at radius 3 is 1.24 bits per heavy atom. The summed E-state index contributed by atoms with van der Waals surface area (Å²) in [6, 6.07) is 0. The van der Waals surface area contributed by atoms with E-state index in [1.54, 1.807) is 0 Å². The first-order chi connectivity index (χ1) is 16.8. The molecule has 34 heavy (non-hydrogen) atoms. The Labute approximate surface area is 211 Å². The molecule has 9 nitrogen and oxygen atoms in total. The third-order valence-electron chi connectivity index (χ3n) is 4.43. The van der Waals surface area contributed by atoms with E-state index >= 15 is 0 Å². The third-order valence-corrected chi connectivity index (χ3v) is 4.58. The fourth-order valence-electron chi connectivity index (χ4n) is 2.64. The number of ether oxygens (including phenoxy) is 8. The van der Waals surface area contributed by atoms with Crippen molar-refractivity contribution in [2.45, 2.75) is 45.4 Å². The highest BCUT2D eigenvalue weighted by molar-refractivity contribution is 6.17. The van der Waals surface area contributed by atoms with Crippen LogP contribution in [0.1, 0.15) is 45.4 Å². The van der Waals surface area contributed by atoms with Crippen LogP contribution in [-0.4, -0.2) is 111 Å². The Hall–Kier alpha value is -0.520. The molecule has 0 fully saturated rings. The van der Waals surface area contributed by atoms with Crippen molar-refractivity contribution in [2.24, 2.45) is 0 Å². The molecule has 0 heterocycles. The molecule has 0 rings (SSSR count). The number of halogens is 1. The van der Waals surface area contributed by atoms with Gasteiger partial charge >= 0.3 is 5.97 Å². The standard InChI is InChI=1S/C24H47ClO9/c1-2-3-4-5-6-7-24(26)34-23-22-33-21-20-32-19-18-31-17-16-30-15-14-29-13-12-28-11-10-27-9-8-25/h2-23H2,1H3. The molecule has 0 N–H and O–H groups in total. The molecular weight excluding hydrogens is 468 g/mol. The summed E-state index contributed by atoms with van der Waals surface area (Å²) in [5, 5.41) is 0. The zero-order valence-corrected chi connectivity index (χ0v) is 21.9. The van der Waals surface area contributed by atoms with Crippen LogP contribution in [0.2, 0.25) is 0 Å². The van der Waals surface area contributed by atoms with Gasteiger partial charge in [-0.15, -0.1) is 11.6 Å². The lowest BCUT2D eigenvalue weighted by Gasteiger charge is -2.08. The number of hydrogen-bond acceptors (Lipinski definition) is 9. The molecule has 0 saturated heterocycles. The molecule has 0 aliphatic heterocycles. The highest BCUT2D eigenvalue weighted by atomic mass is 35.5. The maximum absolute atomic E-state index is 11.6. The summed E-state index contributed by atoms with van der Waals surface area (Å²) in [6.45, 7) is 9.55. The average Bonchev–Trinajstić information content (AvgIpc) is 2.84. The number of alkyl halides is 1. The van der Waals surface area contributed by atoms with Crippen molar-refractivity contribution in [3.05, 3.63) is 0 Å². The SMILES string of the molecule is CCCCCCCC(=O)OCCOCCOCCOCCOCCOCCOCCOCCCl. The van der Waals surface area contributed by atoms with E-state index in [-0.39, 0.29) is 5.97 Å². The molecular formula is C24H47ClO9. The van der Waals surface area contributed by atoms with E-state index in [0.29, 0.717) is 111 Å². The topological polar surface area (TPSA) is 90.9 Å². The third kappa shape index (κ3) is 29.5. The van der Waals surface area contributed by atoms with Crippen molar-refractivity contribution in [1.82, 2.24) is 0 Å². The predicted octanol–water partition coefficient (Wildman–Crippen LogP) is 3.25. The number of carbonyl (C=O) groups is 1. The van der Waals surface area contributed by atoms with Gasteiger partial charge in [0.15, 0.2) is 0 Å². The molecule has 0 aliphatic carbocycles. The van der Waals surface area contributed by atoms with Gasteiger partial charge in [0, 0.05) is 12.3 Å². The molecule has 0 aliphatic rings. The Kier molecular flexibility index (Phi) is 30.0. The number of unbranched alkanes of at least 4 members (excludes halogenated alkanes) is 4. The molecule has 0 aromatic carbocycles. The minimum atomic E-state index is -0.143. The summed E-state index contributed by atoms with van der Waals surface area (Å²) < 4.78 is 42.7. The first-order valence-corrected chi connectivity index (χ1v) is 13.1. The van der Waals surface area contributed by atoms with Crippen LogP contribution in [0.25, 0.3) is 0 Å². The van der Waals surface area contributed by atoms with E-state index in [1.807, 2.05) is 0 Å². The van der Waals surface area contributed by atoms with Crippen molar-refractivity contribution >= 4 is 17.6 Å². The Morgan fingerprint density at radius 2 is 0.853 bits per heavy atom. The predicted molar refractivity (Wildman–Crippen MR) is 131 cm³/mol. The molecule has 0 amide bonds. The van der Waals surface area contributed by atoms with Gasteiger partial charge in [0.2, 0.25) is 0 Å². The van der Waals surface area contributed by atoms with Gasteiger partial charge in [-0.2, -0.15) is 0 Å². The van der Waals surface area contributed by atoms with Gasteiger partial charge in [-0.25, -0.2) is 0 Å². The maximum Gasteiger partial charge on any atom is 0.305 e. The van der Waals surface area contributed by atoms with E-state index in [2.05, 4.69) is 6.92 Å². The lowest BCUT2D eigenvalue weighted by atomic mass is 10.1. The van der Waals surface area contributed by atoms with Gasteiger partial charge in [0.1, 0.15) is 6.61 Å². The van der Waals surface area contributed by atoms with Crippen LogP contribution in [0.4, 0.5) is 0 Å². The first-order valence-electron chi connectivity index (χ1n) is 12.6. The largest absolute Gasteiger partial charge is 0.463 e. The fraction of sp³-hybridized carbons (Fsp3) is 0.958. The van der Waals surface area contributed by atoms with Gasteiger partial charge in [-0.05, 0) is 6.42 Å². The number of carbonyl (C=O) groups excluding carboxylic acids is 1. The van der Waals surface area contributed by atoms with Crippen molar-refractivity contribution in [3.63, 3.8) is 0 Å². The second-order valence-corrected chi connectivity index (χ2v) is 7.74. The van der Waals surface area contributed by atoms with E-state index in [9.17, 15) is 4.79 Å². The van der Waals surface area contributed by atoms with E-state index in [4.69, 9.17) is 49.5 Å². The lowest BCUT2D eigenvalue weighted by molar-refractivity contribution is -0.145. The fourth-order valence-corrected chi connectivity index (χ4v) is 2.74. The smallest absolute Gasteiger partial charge is 0.305 e. The highest BCUT2D eigenvalue weighted by Crippen LogP contribution is 2.05. The lowest BCUT2D eigenvalue weighted by Crippen LogP contribution is -2.15. The Balaban J connectivity index is 3.08. The summed E-state index contributed by atoms with van der Waals surface area (Å²) in [7, 11) is 0. The van der Waals surface area contributed by atoms with E-state index in [0.717, 1.165) is 12.8 Å². The van der Waals surface area contributed by atoms with Gasteiger partial charge in [0.05, 0.1) is 92.5 Å². The van der Waals surface area contributed by atoms with Crippen LogP contribution >= 0.6 is 11.6 Å². The van der Waals surface area contributed by atoms with Crippen molar-refractivity contribution in [3.8, 4) is 0 Å². The van der Waals surface area contributed by atoms with E-state index < -0.39 is 0 Å². The number of hydrogen-bond donors (Lipinski definition) is 0. The molecule has 0 bridgehead atoms. The summed E-state index contributed by atoms with van der Waals surface area (Å²) in [4.78, 5) is 11.6. The molecule has 0 aromatic rings. The van der Waals surface area contributed by atoms with Crippen LogP contribution in [0, 0.1) is 0 Å². The zero-order chi connectivity index (χ0) is 24.8. The van der Waals surface area contributed by atoms with Gasteiger partial charge in [-0.3, -0.25) is 4.79 Å². The summed E-state index contributed by atoms with van der Waals surface area (Å²) >= 11 is 5.49. The quantitative estimate of drug-likeness (QED) is 0.0847. The van der Waals surface area contributed by atoms with Gasteiger partial charge < -0.3 is 37.9 Å². The molecule has 204 valence electrons. The molecule has 10 heteroatoms. The Morgan fingerprint density at radius 1 is 0.500 bits per heavy atom. The summed E-state index contributed by atoms with van der Waals surface area (Å²) in [5.41, 5.74) is 0. The van der Waals surface area contributed by atoms with Gasteiger partial charge in [0.25, 0.3) is 0 Å². The van der Waals surface area contributed by atoms with Crippen LogP contribution in [0.5, 0.6) is 0 Å². The van der Waals surface area contributed by atoms with Crippen molar-refractivity contribution in [2.75, 3.05) is 105 Å². The summed E-state index contributed by atoms with van der Waals surface area (Å²) in [6.07, 6.45) is 6.11. The zero-order valence-electron chi connectivity index (χ0n) is 21.1. The van der Waals surface area contributed by atoms with Gasteiger partial charge in [-0.1, -0.05) is 32.6 Å². The molecule has 0 radical (unpaired) electrons.